The van der Waals surface area contributed by atoms with Crippen LogP contribution in [0.5, 0.6) is 0 Å². The lowest BCUT2D eigenvalue weighted by atomic mass is 10.1. The van der Waals surface area contributed by atoms with Gasteiger partial charge >= 0.3 is 0 Å². The maximum absolute atomic E-state index is 15.9. The minimum absolute atomic E-state index is 0.253. The van der Waals surface area contributed by atoms with E-state index in [2.05, 4.69) is 49.0 Å². The number of aromatic amines is 1. The first-order chi connectivity index (χ1) is 21.6. The van der Waals surface area contributed by atoms with Gasteiger partial charge in [-0.25, -0.2) is 14.4 Å². The summed E-state index contributed by atoms with van der Waals surface area (Å²) in [4.78, 5) is 28.0. The average Bonchev–Trinajstić information content (AvgIpc) is 3.70. The largest absolute Gasteiger partial charge is 0.355 e. The zero-order chi connectivity index (χ0) is 30.0. The summed E-state index contributed by atoms with van der Waals surface area (Å²) in [6.45, 7) is 2.10. The highest BCUT2D eigenvalue weighted by Crippen LogP contribution is 2.35. The number of benzene rings is 3. The molecule has 0 radical (unpaired) electrons. The van der Waals surface area contributed by atoms with E-state index in [1.54, 1.807) is 25.4 Å². The molecule has 0 aliphatic carbocycles. The van der Waals surface area contributed by atoms with Crippen LogP contribution in [0.3, 0.4) is 0 Å². The molecule has 1 aliphatic rings. The Morgan fingerprint density at radius 1 is 0.932 bits per heavy atom. The van der Waals surface area contributed by atoms with Crippen LogP contribution in [-0.4, -0.2) is 32.5 Å². The first-order valence-electron chi connectivity index (χ1n) is 15.0. The van der Waals surface area contributed by atoms with Crippen LogP contribution in [0.15, 0.2) is 97.3 Å². The van der Waals surface area contributed by atoms with Crippen molar-refractivity contribution in [2.24, 2.45) is 0 Å². The third-order valence-corrected chi connectivity index (χ3v) is 8.37. The van der Waals surface area contributed by atoms with Gasteiger partial charge in [-0.1, -0.05) is 66.7 Å². The van der Waals surface area contributed by atoms with Crippen molar-refractivity contribution in [3.63, 3.8) is 0 Å². The highest BCUT2D eigenvalue weighted by atomic mass is 19.1. The van der Waals surface area contributed by atoms with Gasteiger partial charge in [-0.15, -0.1) is 0 Å². The molecule has 0 saturated heterocycles. The molecule has 3 aromatic heterocycles. The Hall–Kier alpha value is -5.24. The minimum atomic E-state index is -0.358. The maximum atomic E-state index is 15.9. The topological polar surface area (TPSA) is 78.8 Å². The van der Waals surface area contributed by atoms with Gasteiger partial charge in [-0.2, -0.15) is 0 Å². The van der Waals surface area contributed by atoms with Gasteiger partial charge in [-0.05, 0) is 48.6 Å². The van der Waals surface area contributed by atoms with Crippen molar-refractivity contribution in [2.45, 2.75) is 38.9 Å². The van der Waals surface area contributed by atoms with Crippen molar-refractivity contribution < 1.29 is 9.18 Å². The van der Waals surface area contributed by atoms with Crippen LogP contribution < -0.4 is 10.2 Å². The molecule has 3 aromatic carbocycles. The number of nitrogens with one attached hydrogen (secondary N) is 2. The molecule has 6 aromatic rings. The van der Waals surface area contributed by atoms with E-state index < -0.39 is 0 Å². The van der Waals surface area contributed by atoms with Crippen molar-refractivity contribution in [2.75, 3.05) is 11.9 Å². The predicted octanol–water partition coefficient (Wildman–Crippen LogP) is 7.14. The number of fused-ring (bicyclic) bond motifs is 2. The van der Waals surface area contributed by atoms with E-state index in [0.717, 1.165) is 48.3 Å². The van der Waals surface area contributed by atoms with Gasteiger partial charge in [0.1, 0.15) is 11.6 Å². The predicted molar refractivity (Wildman–Crippen MR) is 172 cm³/mol. The molecule has 4 heterocycles. The monoisotopic (exact) mass is 584 g/mol. The van der Waals surface area contributed by atoms with Gasteiger partial charge < -0.3 is 19.8 Å². The van der Waals surface area contributed by atoms with Crippen LogP contribution in [-0.2, 0) is 26.1 Å². The van der Waals surface area contributed by atoms with E-state index in [9.17, 15) is 4.79 Å². The highest BCUT2D eigenvalue weighted by molar-refractivity contribution is 6.09. The summed E-state index contributed by atoms with van der Waals surface area (Å²) in [5.74, 6) is 0.876. The second-order valence-corrected chi connectivity index (χ2v) is 11.3. The van der Waals surface area contributed by atoms with Gasteiger partial charge in [0.15, 0.2) is 5.82 Å². The van der Waals surface area contributed by atoms with Crippen molar-refractivity contribution in [1.82, 2.24) is 24.8 Å². The molecule has 8 heteroatoms. The standard InChI is InChI=1S/C36H33FN6O/c1-38-36(44)30-21-40-35(42(22-24-10-4-2-5-11-24)23-25-12-6-3-7-13-25)33-29(30)19-32(41-33)28-16-15-26(18-31(28)37)34-39-20-27-14-8-9-17-43(27)34/h2-7,10-13,15-16,18-21,41H,8-9,14,17,22-23H2,1H3,(H,38,44). The number of H-pyrrole nitrogens is 1. The minimum Gasteiger partial charge on any atom is -0.355 e. The molecule has 7 rings (SSSR count). The summed E-state index contributed by atoms with van der Waals surface area (Å²) in [7, 11) is 1.60. The number of halogens is 1. The Morgan fingerprint density at radius 2 is 1.66 bits per heavy atom. The van der Waals surface area contributed by atoms with Crippen LogP contribution in [0, 0.1) is 5.82 Å². The lowest BCUT2D eigenvalue weighted by molar-refractivity contribution is 0.0964. The summed E-state index contributed by atoms with van der Waals surface area (Å²) in [5, 5.41) is 3.40. The van der Waals surface area contributed by atoms with E-state index in [1.807, 2.05) is 54.7 Å². The quantitative estimate of drug-likeness (QED) is 0.199. The smallest absolute Gasteiger partial charge is 0.253 e. The number of aryl methyl sites for hydroxylation is 1. The maximum Gasteiger partial charge on any atom is 0.253 e. The van der Waals surface area contributed by atoms with Crippen molar-refractivity contribution in [1.29, 1.82) is 0 Å². The van der Waals surface area contributed by atoms with E-state index in [4.69, 9.17) is 4.98 Å². The lowest BCUT2D eigenvalue weighted by Gasteiger charge is -2.25. The normalized spacial score (nSPS) is 12.7. The molecule has 0 saturated carbocycles. The molecule has 0 fully saturated rings. The fourth-order valence-electron chi connectivity index (χ4n) is 6.16. The lowest BCUT2D eigenvalue weighted by Crippen LogP contribution is -2.24. The molecule has 44 heavy (non-hydrogen) atoms. The Morgan fingerprint density at radius 3 is 2.34 bits per heavy atom. The number of hydrogen-bond acceptors (Lipinski definition) is 4. The number of carbonyl (C=O) groups excluding carboxylic acids is 1. The first kappa shape index (κ1) is 27.6. The Balaban J connectivity index is 1.33. The molecule has 1 amide bonds. The van der Waals surface area contributed by atoms with Gasteiger partial charge in [0.25, 0.3) is 5.91 Å². The average molecular weight is 585 g/mol. The SMILES string of the molecule is CNC(=O)c1cnc(N(Cc2ccccc2)Cc2ccccc2)c2[nH]c(-c3ccc(-c4ncc5n4CCCC5)cc3F)cc12. The molecular weight excluding hydrogens is 551 g/mol. The van der Waals surface area contributed by atoms with Crippen LogP contribution in [0.2, 0.25) is 0 Å². The van der Waals surface area contributed by atoms with Crippen LogP contribution in [0.4, 0.5) is 10.2 Å². The number of rotatable bonds is 8. The van der Waals surface area contributed by atoms with Gasteiger partial charge in [0, 0.05) is 67.0 Å². The molecule has 0 unspecified atom stereocenters. The van der Waals surface area contributed by atoms with Crippen molar-refractivity contribution in [3.05, 3.63) is 126 Å². The number of hydrogen-bond donors (Lipinski definition) is 2. The van der Waals surface area contributed by atoms with Crippen molar-refractivity contribution >= 4 is 22.6 Å². The highest BCUT2D eigenvalue weighted by Gasteiger charge is 2.22. The molecule has 2 N–H and O–H groups in total. The van der Waals surface area contributed by atoms with Crippen molar-refractivity contribution in [3.8, 4) is 22.6 Å². The van der Waals surface area contributed by atoms with E-state index in [1.165, 1.54) is 5.69 Å². The number of anilines is 1. The summed E-state index contributed by atoms with van der Waals surface area (Å²) in [6, 6.07) is 27.5. The molecular formula is C36H33FN6O. The number of amides is 1. The van der Waals surface area contributed by atoms with Crippen LogP contribution >= 0.6 is 0 Å². The number of imidazole rings is 1. The fraction of sp³-hybridized carbons (Fsp3) is 0.194. The number of pyridine rings is 1. The molecule has 0 atom stereocenters. The van der Waals surface area contributed by atoms with Crippen LogP contribution in [0.1, 0.15) is 40.0 Å². The van der Waals surface area contributed by atoms with E-state index in [-0.39, 0.29) is 11.7 Å². The Bertz CT molecular complexity index is 1910. The molecule has 7 nitrogen and oxygen atoms in total. The Labute approximate surface area is 255 Å². The molecule has 0 spiro atoms. The van der Waals surface area contributed by atoms with E-state index >= 15 is 4.39 Å². The van der Waals surface area contributed by atoms with Gasteiger partial charge in [-0.3, -0.25) is 4.79 Å². The molecule has 0 bridgehead atoms. The number of carbonyl (C=O) groups is 1. The first-order valence-corrected chi connectivity index (χ1v) is 15.0. The third kappa shape index (κ3) is 5.24. The van der Waals surface area contributed by atoms with Crippen LogP contribution in [0.25, 0.3) is 33.5 Å². The van der Waals surface area contributed by atoms with E-state index in [0.29, 0.717) is 46.6 Å². The number of nitrogens with zero attached hydrogens (tertiary/aromatic N) is 4. The van der Waals surface area contributed by atoms with Gasteiger partial charge in [0.2, 0.25) is 0 Å². The Kier molecular flexibility index (Phi) is 7.40. The second-order valence-electron chi connectivity index (χ2n) is 11.3. The molecule has 220 valence electrons. The zero-order valence-corrected chi connectivity index (χ0v) is 24.6. The van der Waals surface area contributed by atoms with Gasteiger partial charge in [0.05, 0.1) is 11.1 Å². The summed E-state index contributed by atoms with van der Waals surface area (Å²) < 4.78 is 18.1. The fourth-order valence-corrected chi connectivity index (χ4v) is 6.16. The summed E-state index contributed by atoms with van der Waals surface area (Å²) in [6.07, 6.45) is 6.77. The number of aromatic nitrogens is 4. The molecule has 1 aliphatic heterocycles. The second kappa shape index (κ2) is 11.8. The summed E-state index contributed by atoms with van der Waals surface area (Å²) in [5.41, 5.74) is 6.30. The third-order valence-electron chi connectivity index (χ3n) is 8.37. The summed E-state index contributed by atoms with van der Waals surface area (Å²) >= 11 is 0. The zero-order valence-electron chi connectivity index (χ0n) is 24.6.